The zero-order chi connectivity index (χ0) is 18.6. The number of nitriles is 1. The second-order valence-corrected chi connectivity index (χ2v) is 6.80. The van der Waals surface area contributed by atoms with Crippen LogP contribution in [0.4, 0.5) is 5.69 Å². The maximum Gasteiger partial charge on any atom is 0.338 e. The maximum absolute atomic E-state index is 12.2. The fraction of sp³-hybridized carbons (Fsp3) is 0.474. The topological polar surface area (TPSA) is 108 Å². The quantitative estimate of drug-likeness (QED) is 0.804. The summed E-state index contributed by atoms with van der Waals surface area (Å²) in [5.74, 6) is -1.11. The Morgan fingerprint density at radius 2 is 2.00 bits per heavy atom. The Balaban J connectivity index is 1.56. The van der Waals surface area contributed by atoms with Crippen LogP contribution in [-0.2, 0) is 20.7 Å². The predicted octanol–water partition coefficient (Wildman–Crippen LogP) is 2.07. The molecule has 136 valence electrons. The van der Waals surface area contributed by atoms with E-state index in [1.807, 2.05) is 0 Å². The average Bonchev–Trinajstić information content (AvgIpc) is 2.66. The van der Waals surface area contributed by atoms with Gasteiger partial charge in [0.15, 0.2) is 6.61 Å². The summed E-state index contributed by atoms with van der Waals surface area (Å²) >= 11 is 0. The number of rotatable bonds is 4. The van der Waals surface area contributed by atoms with Crippen molar-refractivity contribution < 1.29 is 19.1 Å². The first-order chi connectivity index (χ1) is 12.5. The maximum atomic E-state index is 12.2. The Labute approximate surface area is 151 Å². The number of hydrogen-bond donors (Lipinski definition) is 2. The van der Waals surface area contributed by atoms with Crippen molar-refractivity contribution in [3.63, 3.8) is 0 Å². The van der Waals surface area contributed by atoms with E-state index in [0.29, 0.717) is 36.9 Å². The predicted molar refractivity (Wildman–Crippen MR) is 93.2 cm³/mol. The van der Waals surface area contributed by atoms with Gasteiger partial charge in [-0.3, -0.25) is 9.59 Å². The van der Waals surface area contributed by atoms with E-state index >= 15 is 0 Å². The third-order valence-electron chi connectivity index (χ3n) is 4.87. The molecule has 0 spiro atoms. The number of esters is 1. The standard InChI is InChI=1S/C19H21N3O4/c20-12-19(8-2-1-3-9-19)22-17(24)11-26-18(25)14-4-6-15-13(10-14)5-7-16(23)21-15/h4,6,10H,1-3,5,7-9,11H2,(H,21,23)(H,22,24). The number of hydrogen-bond acceptors (Lipinski definition) is 5. The van der Waals surface area contributed by atoms with Crippen molar-refractivity contribution in [2.45, 2.75) is 50.5 Å². The average molecular weight is 355 g/mol. The molecule has 1 saturated carbocycles. The third-order valence-corrected chi connectivity index (χ3v) is 4.87. The van der Waals surface area contributed by atoms with Gasteiger partial charge in [-0.2, -0.15) is 5.26 Å². The minimum absolute atomic E-state index is 0.0429. The van der Waals surface area contributed by atoms with E-state index in [4.69, 9.17) is 4.74 Å². The fourth-order valence-corrected chi connectivity index (χ4v) is 3.45. The van der Waals surface area contributed by atoms with E-state index in [2.05, 4.69) is 16.7 Å². The Kier molecular flexibility index (Phi) is 5.21. The van der Waals surface area contributed by atoms with Gasteiger partial charge in [0, 0.05) is 12.1 Å². The smallest absolute Gasteiger partial charge is 0.338 e. The fourth-order valence-electron chi connectivity index (χ4n) is 3.45. The van der Waals surface area contributed by atoms with Crippen molar-refractivity contribution in [2.75, 3.05) is 11.9 Å². The molecule has 7 heteroatoms. The van der Waals surface area contributed by atoms with Crippen LogP contribution >= 0.6 is 0 Å². The molecule has 1 heterocycles. The third kappa shape index (κ3) is 4.02. The summed E-state index contributed by atoms with van der Waals surface area (Å²) in [6.07, 6.45) is 5.06. The van der Waals surface area contributed by atoms with Gasteiger partial charge in [-0.15, -0.1) is 0 Å². The van der Waals surface area contributed by atoms with Crippen LogP contribution in [-0.4, -0.2) is 29.9 Å². The Bertz CT molecular complexity index is 775. The van der Waals surface area contributed by atoms with E-state index in [9.17, 15) is 19.6 Å². The summed E-state index contributed by atoms with van der Waals surface area (Å²) in [6, 6.07) is 7.09. The minimum Gasteiger partial charge on any atom is -0.452 e. The zero-order valence-electron chi connectivity index (χ0n) is 14.5. The molecule has 1 aromatic carbocycles. The van der Waals surface area contributed by atoms with Crippen LogP contribution in [0.2, 0.25) is 0 Å². The highest BCUT2D eigenvalue weighted by Gasteiger charge is 2.33. The molecule has 2 N–H and O–H groups in total. The van der Waals surface area contributed by atoms with Gasteiger partial charge in [0.25, 0.3) is 5.91 Å². The van der Waals surface area contributed by atoms with Crippen LogP contribution in [0.15, 0.2) is 18.2 Å². The molecule has 0 saturated heterocycles. The number of nitrogens with zero attached hydrogens (tertiary/aromatic N) is 1. The minimum atomic E-state index is -0.842. The van der Waals surface area contributed by atoms with Gasteiger partial charge in [0.2, 0.25) is 5.91 Å². The number of amides is 2. The molecule has 2 aliphatic rings. The van der Waals surface area contributed by atoms with Crippen LogP contribution in [0.5, 0.6) is 0 Å². The number of fused-ring (bicyclic) bond motifs is 1. The molecular formula is C19H21N3O4. The van der Waals surface area contributed by atoms with Crippen LogP contribution in [0.1, 0.15) is 54.4 Å². The van der Waals surface area contributed by atoms with Gasteiger partial charge in [0.1, 0.15) is 5.54 Å². The second kappa shape index (κ2) is 7.56. The highest BCUT2D eigenvalue weighted by atomic mass is 16.5. The lowest BCUT2D eigenvalue weighted by Crippen LogP contribution is -2.50. The first-order valence-corrected chi connectivity index (χ1v) is 8.83. The van der Waals surface area contributed by atoms with Crippen molar-refractivity contribution >= 4 is 23.5 Å². The van der Waals surface area contributed by atoms with Gasteiger partial charge in [0.05, 0.1) is 11.6 Å². The lowest BCUT2D eigenvalue weighted by atomic mass is 9.83. The molecule has 1 aliphatic carbocycles. The van der Waals surface area contributed by atoms with E-state index in [-0.39, 0.29) is 5.91 Å². The van der Waals surface area contributed by atoms with Gasteiger partial charge in [-0.05, 0) is 43.0 Å². The van der Waals surface area contributed by atoms with Crippen LogP contribution in [0.25, 0.3) is 0 Å². The van der Waals surface area contributed by atoms with Gasteiger partial charge >= 0.3 is 5.97 Å². The molecule has 1 aromatic rings. The normalized spacial score (nSPS) is 18.0. The van der Waals surface area contributed by atoms with E-state index in [1.54, 1.807) is 18.2 Å². The lowest BCUT2D eigenvalue weighted by Gasteiger charge is -2.31. The van der Waals surface area contributed by atoms with Crippen LogP contribution in [0, 0.1) is 11.3 Å². The largest absolute Gasteiger partial charge is 0.452 e. The molecule has 7 nitrogen and oxygen atoms in total. The molecular weight excluding hydrogens is 334 g/mol. The van der Waals surface area contributed by atoms with Crippen molar-refractivity contribution in [3.05, 3.63) is 29.3 Å². The number of nitrogens with one attached hydrogen (secondary N) is 2. The molecule has 0 aromatic heterocycles. The lowest BCUT2D eigenvalue weighted by molar-refractivity contribution is -0.126. The Hall–Kier alpha value is -2.88. The second-order valence-electron chi connectivity index (χ2n) is 6.80. The van der Waals surface area contributed by atoms with Gasteiger partial charge in [-0.1, -0.05) is 19.3 Å². The zero-order valence-corrected chi connectivity index (χ0v) is 14.5. The number of benzene rings is 1. The van der Waals surface area contributed by atoms with Crippen LogP contribution in [0.3, 0.4) is 0 Å². The highest BCUT2D eigenvalue weighted by Crippen LogP contribution is 2.27. The summed E-state index contributed by atoms with van der Waals surface area (Å²) in [6.45, 7) is -0.421. The molecule has 0 atom stereocenters. The first kappa shape index (κ1) is 17.9. The summed E-state index contributed by atoms with van der Waals surface area (Å²) in [5.41, 5.74) is 1.06. The highest BCUT2D eigenvalue weighted by molar-refractivity contribution is 5.96. The van der Waals surface area contributed by atoms with Crippen LogP contribution < -0.4 is 10.6 Å². The van der Waals surface area contributed by atoms with E-state index < -0.39 is 24.0 Å². The number of aryl methyl sites for hydroxylation is 1. The monoisotopic (exact) mass is 355 g/mol. The number of ether oxygens (including phenoxy) is 1. The Morgan fingerprint density at radius 1 is 1.23 bits per heavy atom. The molecule has 0 unspecified atom stereocenters. The summed E-state index contributed by atoms with van der Waals surface area (Å²) in [4.78, 5) is 35.6. The molecule has 1 aliphatic heterocycles. The molecule has 3 rings (SSSR count). The van der Waals surface area contributed by atoms with Gasteiger partial charge < -0.3 is 15.4 Å². The summed E-state index contributed by atoms with van der Waals surface area (Å²) in [7, 11) is 0. The molecule has 1 fully saturated rings. The number of anilines is 1. The Morgan fingerprint density at radius 3 is 2.73 bits per heavy atom. The molecule has 0 bridgehead atoms. The van der Waals surface area contributed by atoms with Crippen molar-refractivity contribution in [1.29, 1.82) is 5.26 Å². The SMILES string of the molecule is N#CC1(NC(=O)COC(=O)c2ccc3c(c2)CCC(=O)N3)CCCCC1. The van der Waals surface area contributed by atoms with Crippen molar-refractivity contribution in [3.8, 4) is 6.07 Å². The molecule has 26 heavy (non-hydrogen) atoms. The molecule has 2 amide bonds. The van der Waals surface area contributed by atoms with Gasteiger partial charge in [-0.25, -0.2) is 4.79 Å². The van der Waals surface area contributed by atoms with Crippen molar-refractivity contribution in [1.82, 2.24) is 5.32 Å². The number of carbonyl (C=O) groups is 3. The first-order valence-electron chi connectivity index (χ1n) is 8.83. The molecule has 0 radical (unpaired) electrons. The van der Waals surface area contributed by atoms with E-state index in [1.165, 1.54) is 0 Å². The number of carbonyl (C=O) groups excluding carboxylic acids is 3. The summed E-state index contributed by atoms with van der Waals surface area (Å²) < 4.78 is 5.09. The van der Waals surface area contributed by atoms with E-state index in [0.717, 1.165) is 24.8 Å². The summed E-state index contributed by atoms with van der Waals surface area (Å²) in [5, 5.41) is 14.8. The van der Waals surface area contributed by atoms with Crippen molar-refractivity contribution in [2.24, 2.45) is 0 Å².